The van der Waals surface area contributed by atoms with Gasteiger partial charge in [0.15, 0.2) is 0 Å². The summed E-state index contributed by atoms with van der Waals surface area (Å²) in [6.07, 6.45) is 3.40. The highest BCUT2D eigenvalue weighted by atomic mass is 16.5. The molecular weight excluding hydrogens is 272 g/mol. The molecule has 118 valence electrons. The van der Waals surface area contributed by atoms with Gasteiger partial charge in [-0.2, -0.15) is 0 Å². The van der Waals surface area contributed by atoms with E-state index in [-0.39, 0.29) is 36.2 Å². The monoisotopic (exact) mass is 296 g/mol. The second-order valence-corrected chi connectivity index (χ2v) is 5.87. The van der Waals surface area contributed by atoms with Crippen molar-refractivity contribution in [3.63, 3.8) is 0 Å². The minimum Gasteiger partial charge on any atom is -0.465 e. The van der Waals surface area contributed by atoms with Crippen LogP contribution in [0.25, 0.3) is 0 Å². The molecular formula is C15H24N2O4. The number of amides is 2. The van der Waals surface area contributed by atoms with Crippen molar-refractivity contribution in [3.8, 4) is 0 Å². The first-order chi connectivity index (χ1) is 10.0. The number of hydrogen-bond acceptors (Lipinski definition) is 4. The lowest BCUT2D eigenvalue weighted by molar-refractivity contribution is -0.150. The molecule has 0 radical (unpaired) electrons. The average molecular weight is 296 g/mol. The SMILES string of the molecule is CCOC(=O)CN(C)C(=O)C1CCN(C(=O)C2CC2)CC1. The van der Waals surface area contributed by atoms with Crippen molar-refractivity contribution in [2.75, 3.05) is 33.3 Å². The first-order valence-corrected chi connectivity index (χ1v) is 7.72. The summed E-state index contributed by atoms with van der Waals surface area (Å²) in [7, 11) is 1.63. The predicted molar refractivity (Wildman–Crippen MR) is 76.3 cm³/mol. The summed E-state index contributed by atoms with van der Waals surface area (Å²) >= 11 is 0. The lowest BCUT2D eigenvalue weighted by Crippen LogP contribution is -2.45. The topological polar surface area (TPSA) is 66.9 Å². The minimum absolute atomic E-state index is 0.00606. The van der Waals surface area contributed by atoms with Gasteiger partial charge in [0.25, 0.3) is 0 Å². The number of esters is 1. The third kappa shape index (κ3) is 4.19. The normalized spacial score (nSPS) is 19.2. The largest absolute Gasteiger partial charge is 0.465 e. The highest BCUT2D eigenvalue weighted by Gasteiger charge is 2.36. The average Bonchev–Trinajstić information content (AvgIpc) is 3.30. The van der Waals surface area contributed by atoms with Gasteiger partial charge in [0, 0.05) is 32.0 Å². The van der Waals surface area contributed by atoms with Crippen LogP contribution in [-0.4, -0.2) is 60.9 Å². The van der Waals surface area contributed by atoms with E-state index < -0.39 is 0 Å². The molecule has 6 heteroatoms. The summed E-state index contributed by atoms with van der Waals surface area (Å²) in [4.78, 5) is 38.9. The standard InChI is InChI=1S/C15H24N2O4/c1-3-21-13(18)10-16(2)14(19)12-6-8-17(9-7-12)15(20)11-4-5-11/h11-12H,3-10H2,1-2H3. The van der Waals surface area contributed by atoms with Crippen molar-refractivity contribution in [1.29, 1.82) is 0 Å². The van der Waals surface area contributed by atoms with Gasteiger partial charge in [0.05, 0.1) is 6.61 Å². The number of hydrogen-bond donors (Lipinski definition) is 0. The van der Waals surface area contributed by atoms with Crippen molar-refractivity contribution in [2.45, 2.75) is 32.6 Å². The molecule has 2 amide bonds. The fraction of sp³-hybridized carbons (Fsp3) is 0.800. The molecule has 21 heavy (non-hydrogen) atoms. The zero-order valence-corrected chi connectivity index (χ0v) is 12.8. The number of piperidine rings is 1. The summed E-state index contributed by atoms with van der Waals surface area (Å²) < 4.78 is 4.85. The third-order valence-electron chi connectivity index (χ3n) is 4.13. The minimum atomic E-state index is -0.380. The van der Waals surface area contributed by atoms with Crippen LogP contribution >= 0.6 is 0 Å². The second kappa shape index (κ2) is 6.91. The van der Waals surface area contributed by atoms with Crippen LogP contribution in [-0.2, 0) is 19.1 Å². The van der Waals surface area contributed by atoms with E-state index in [0.717, 1.165) is 12.8 Å². The molecule has 0 N–H and O–H groups in total. The van der Waals surface area contributed by atoms with Gasteiger partial charge < -0.3 is 14.5 Å². The van der Waals surface area contributed by atoms with Crippen LogP contribution in [0.5, 0.6) is 0 Å². The van der Waals surface area contributed by atoms with Gasteiger partial charge in [-0.15, -0.1) is 0 Å². The molecule has 0 atom stereocenters. The molecule has 0 aromatic rings. The number of likely N-dealkylation sites (tertiary alicyclic amines) is 1. The molecule has 2 fully saturated rings. The van der Waals surface area contributed by atoms with Crippen molar-refractivity contribution in [2.24, 2.45) is 11.8 Å². The Hall–Kier alpha value is -1.59. The highest BCUT2D eigenvalue weighted by Crippen LogP contribution is 2.32. The molecule has 1 aliphatic heterocycles. The molecule has 2 rings (SSSR count). The quantitative estimate of drug-likeness (QED) is 0.699. The van der Waals surface area contributed by atoms with E-state index in [9.17, 15) is 14.4 Å². The molecule has 0 unspecified atom stereocenters. The summed E-state index contributed by atoms with van der Waals surface area (Å²) in [6.45, 7) is 3.36. The molecule has 1 aliphatic carbocycles. The Morgan fingerprint density at radius 2 is 1.71 bits per heavy atom. The molecule has 1 saturated carbocycles. The predicted octanol–water partition coefficient (Wildman–Crippen LogP) is 0.656. The maximum Gasteiger partial charge on any atom is 0.325 e. The van der Waals surface area contributed by atoms with Crippen molar-refractivity contribution >= 4 is 17.8 Å². The van der Waals surface area contributed by atoms with E-state index in [2.05, 4.69) is 0 Å². The van der Waals surface area contributed by atoms with Gasteiger partial charge in [0.1, 0.15) is 6.54 Å². The van der Waals surface area contributed by atoms with Gasteiger partial charge in [0.2, 0.25) is 11.8 Å². The first kappa shape index (κ1) is 15.8. The molecule has 0 aromatic heterocycles. The molecule has 1 saturated heterocycles. The van der Waals surface area contributed by atoms with E-state index in [4.69, 9.17) is 4.74 Å². The van der Waals surface area contributed by atoms with Crippen LogP contribution in [0.15, 0.2) is 0 Å². The number of ether oxygens (including phenoxy) is 1. The molecule has 0 spiro atoms. The fourth-order valence-corrected chi connectivity index (χ4v) is 2.73. The van der Waals surface area contributed by atoms with E-state index in [1.165, 1.54) is 4.90 Å². The van der Waals surface area contributed by atoms with E-state index in [1.807, 2.05) is 4.90 Å². The number of likely N-dealkylation sites (N-methyl/N-ethyl adjacent to an activating group) is 1. The molecule has 6 nitrogen and oxygen atoms in total. The maximum atomic E-state index is 12.3. The summed E-state index contributed by atoms with van der Waals surface area (Å²) in [5.41, 5.74) is 0. The zero-order valence-electron chi connectivity index (χ0n) is 12.8. The Balaban J connectivity index is 1.76. The number of rotatable bonds is 5. The fourth-order valence-electron chi connectivity index (χ4n) is 2.73. The van der Waals surface area contributed by atoms with Gasteiger partial charge >= 0.3 is 5.97 Å². The molecule has 0 aromatic carbocycles. The van der Waals surface area contributed by atoms with Crippen LogP contribution in [0, 0.1) is 11.8 Å². The number of nitrogens with zero attached hydrogens (tertiary/aromatic N) is 2. The lowest BCUT2D eigenvalue weighted by atomic mass is 9.95. The van der Waals surface area contributed by atoms with Gasteiger partial charge in [-0.1, -0.05) is 0 Å². The van der Waals surface area contributed by atoms with Crippen molar-refractivity contribution < 1.29 is 19.1 Å². The maximum absolute atomic E-state index is 12.3. The van der Waals surface area contributed by atoms with E-state index >= 15 is 0 Å². The Morgan fingerprint density at radius 3 is 2.24 bits per heavy atom. The van der Waals surface area contributed by atoms with E-state index in [1.54, 1.807) is 14.0 Å². The second-order valence-electron chi connectivity index (χ2n) is 5.87. The van der Waals surface area contributed by atoms with Gasteiger partial charge in [-0.25, -0.2) is 0 Å². The van der Waals surface area contributed by atoms with Crippen LogP contribution in [0.1, 0.15) is 32.6 Å². The summed E-state index contributed by atoms with van der Waals surface area (Å²) in [5.74, 6) is -0.00605. The first-order valence-electron chi connectivity index (χ1n) is 7.72. The van der Waals surface area contributed by atoms with Crippen LogP contribution in [0.2, 0.25) is 0 Å². The highest BCUT2D eigenvalue weighted by molar-refractivity contribution is 5.84. The van der Waals surface area contributed by atoms with Gasteiger partial charge in [-0.05, 0) is 32.6 Å². The van der Waals surface area contributed by atoms with Crippen molar-refractivity contribution in [1.82, 2.24) is 9.80 Å². The summed E-state index contributed by atoms with van der Waals surface area (Å²) in [6, 6.07) is 0. The Kier molecular flexibility index (Phi) is 5.20. The number of carbonyl (C=O) groups is 3. The Labute approximate surface area is 125 Å². The van der Waals surface area contributed by atoms with E-state index in [0.29, 0.717) is 32.5 Å². The summed E-state index contributed by atoms with van der Waals surface area (Å²) in [5, 5.41) is 0. The molecule has 1 heterocycles. The Morgan fingerprint density at radius 1 is 1.10 bits per heavy atom. The van der Waals surface area contributed by atoms with Crippen LogP contribution in [0.4, 0.5) is 0 Å². The smallest absolute Gasteiger partial charge is 0.325 e. The zero-order chi connectivity index (χ0) is 15.4. The Bertz CT molecular complexity index is 412. The van der Waals surface area contributed by atoms with Crippen LogP contribution < -0.4 is 0 Å². The van der Waals surface area contributed by atoms with Gasteiger partial charge in [-0.3, -0.25) is 14.4 Å². The number of carbonyl (C=O) groups excluding carboxylic acids is 3. The molecule has 2 aliphatic rings. The molecule has 0 bridgehead atoms. The van der Waals surface area contributed by atoms with Crippen LogP contribution in [0.3, 0.4) is 0 Å². The third-order valence-corrected chi connectivity index (χ3v) is 4.13. The van der Waals surface area contributed by atoms with Crippen molar-refractivity contribution in [3.05, 3.63) is 0 Å². The lowest BCUT2D eigenvalue weighted by Gasteiger charge is -2.33.